The van der Waals surface area contributed by atoms with E-state index in [2.05, 4.69) is 0 Å². The topological polar surface area (TPSA) is 71.5 Å². The van der Waals surface area contributed by atoms with Crippen molar-refractivity contribution >= 4 is 37.7 Å². The van der Waals surface area contributed by atoms with Crippen LogP contribution in [-0.4, -0.2) is 38.1 Å². The molecule has 0 bridgehead atoms. The Balaban J connectivity index is 2.34. The molecule has 0 spiro atoms. The van der Waals surface area contributed by atoms with E-state index in [0.717, 1.165) is 5.56 Å². The van der Waals surface area contributed by atoms with Gasteiger partial charge in [-0.15, -0.1) is 11.6 Å². The molecule has 1 heterocycles. The van der Waals surface area contributed by atoms with E-state index in [0.29, 0.717) is 9.28 Å². The first-order valence-electron chi connectivity index (χ1n) is 5.39. The van der Waals surface area contributed by atoms with Gasteiger partial charge in [0.05, 0.1) is 12.3 Å². The highest BCUT2D eigenvalue weighted by Crippen LogP contribution is 2.24. The van der Waals surface area contributed by atoms with Crippen molar-refractivity contribution < 1.29 is 16.8 Å². The van der Waals surface area contributed by atoms with E-state index >= 15 is 0 Å². The lowest BCUT2D eigenvalue weighted by Crippen LogP contribution is -2.33. The Hall–Kier alpha value is -0.890. The first kappa shape index (κ1) is 14.5. The summed E-state index contributed by atoms with van der Waals surface area (Å²) in [6.07, 6.45) is 1.68. The van der Waals surface area contributed by atoms with Gasteiger partial charge >= 0.3 is 0 Å². The fourth-order valence-electron chi connectivity index (χ4n) is 1.81. The summed E-state index contributed by atoms with van der Waals surface area (Å²) >= 11 is 5.29. The summed E-state index contributed by atoms with van der Waals surface area (Å²) in [5.74, 6) is -0.294. The molecule has 0 atom stereocenters. The molecule has 1 saturated heterocycles. The minimum Gasteiger partial charge on any atom is -0.211 e. The van der Waals surface area contributed by atoms with E-state index in [4.69, 9.17) is 11.6 Å². The number of nitrogens with zero attached hydrogens (tertiary/aromatic N) is 1. The zero-order chi connectivity index (χ0) is 14.1. The molecule has 19 heavy (non-hydrogen) atoms. The molecule has 1 aromatic rings. The summed E-state index contributed by atoms with van der Waals surface area (Å²) in [4.78, 5) is 0. The summed E-state index contributed by atoms with van der Waals surface area (Å²) < 4.78 is 47.3. The van der Waals surface area contributed by atoms with E-state index < -0.39 is 25.3 Å². The van der Waals surface area contributed by atoms with E-state index in [1.54, 1.807) is 6.08 Å². The van der Waals surface area contributed by atoms with E-state index in [1.807, 2.05) is 30.3 Å². The molecule has 8 heteroatoms. The average Bonchev–Trinajstić information content (AvgIpc) is 2.66. The van der Waals surface area contributed by atoms with E-state index in [9.17, 15) is 16.8 Å². The van der Waals surface area contributed by atoms with Crippen molar-refractivity contribution in [3.63, 3.8) is 0 Å². The molecule has 1 aliphatic rings. The van der Waals surface area contributed by atoms with Gasteiger partial charge in [-0.2, -0.15) is 0 Å². The second-order valence-electron chi connectivity index (χ2n) is 4.12. The highest BCUT2D eigenvalue weighted by Gasteiger charge is 2.40. The molecule has 2 rings (SSSR count). The molecule has 0 unspecified atom stereocenters. The van der Waals surface area contributed by atoms with Gasteiger partial charge in [-0.05, 0) is 11.1 Å². The van der Waals surface area contributed by atoms with Crippen LogP contribution in [0.15, 0.2) is 35.9 Å². The summed E-state index contributed by atoms with van der Waals surface area (Å²) in [6.45, 7) is -0.160. The predicted octanol–water partition coefficient (Wildman–Crippen LogP) is 1.24. The van der Waals surface area contributed by atoms with Crippen LogP contribution in [0.5, 0.6) is 0 Å². The third-order valence-corrected chi connectivity index (χ3v) is 7.33. The Bertz CT molecular complexity index is 695. The third-order valence-electron chi connectivity index (χ3n) is 2.63. The van der Waals surface area contributed by atoms with Gasteiger partial charge in [0.25, 0.3) is 0 Å². The van der Waals surface area contributed by atoms with Crippen LogP contribution >= 0.6 is 11.6 Å². The molecule has 1 fully saturated rings. The minimum absolute atomic E-state index is 0.160. The van der Waals surface area contributed by atoms with Gasteiger partial charge in [0.2, 0.25) is 20.0 Å². The first-order valence-corrected chi connectivity index (χ1v) is 9.14. The van der Waals surface area contributed by atoms with Gasteiger partial charge in [0.15, 0.2) is 0 Å². The minimum atomic E-state index is -3.96. The lowest BCUT2D eigenvalue weighted by Gasteiger charge is -2.11. The van der Waals surface area contributed by atoms with Crippen LogP contribution in [0.4, 0.5) is 0 Å². The number of hydrogen-bond donors (Lipinski definition) is 0. The van der Waals surface area contributed by atoms with Gasteiger partial charge in [-0.25, -0.2) is 16.8 Å². The normalized spacial score (nSPS) is 21.8. The first-order chi connectivity index (χ1) is 8.85. The fourth-order valence-corrected chi connectivity index (χ4v) is 5.66. The molecule has 0 N–H and O–H groups in total. The highest BCUT2D eigenvalue weighted by atomic mass is 35.5. The van der Waals surface area contributed by atoms with Gasteiger partial charge < -0.3 is 0 Å². The second-order valence-corrected chi connectivity index (χ2v) is 8.72. The maximum absolute atomic E-state index is 11.8. The van der Waals surface area contributed by atoms with E-state index in [1.165, 1.54) is 0 Å². The monoisotopic (exact) mass is 321 g/mol. The zero-order valence-corrected chi connectivity index (χ0v) is 12.2. The van der Waals surface area contributed by atoms with Gasteiger partial charge in [0, 0.05) is 0 Å². The standard InChI is InChI=1S/C11H12ClNO4S2/c12-9-19(16,17)13-7-11(8-18(13,14)15)6-10-4-2-1-3-5-10/h1-6H,7-9H2/b11-6+. The second kappa shape index (κ2) is 5.24. The van der Waals surface area contributed by atoms with Crippen LogP contribution in [-0.2, 0) is 20.0 Å². The number of alkyl halides is 1. The number of rotatable bonds is 3. The summed E-state index contributed by atoms with van der Waals surface area (Å²) in [5, 5.41) is -0.745. The Morgan fingerprint density at radius 2 is 1.89 bits per heavy atom. The number of benzene rings is 1. The van der Waals surface area contributed by atoms with Gasteiger partial charge in [0.1, 0.15) is 5.21 Å². The molecule has 0 aromatic heterocycles. The number of sulfonamides is 2. The molecule has 0 amide bonds. The van der Waals surface area contributed by atoms with Crippen molar-refractivity contribution in [2.24, 2.45) is 0 Å². The lowest BCUT2D eigenvalue weighted by atomic mass is 10.1. The van der Waals surface area contributed by atoms with Crippen LogP contribution in [0, 0.1) is 0 Å². The summed E-state index contributed by atoms with van der Waals surface area (Å²) in [6, 6.07) is 9.13. The average molecular weight is 322 g/mol. The molecule has 0 aliphatic carbocycles. The predicted molar refractivity (Wildman–Crippen MR) is 74.6 cm³/mol. The van der Waals surface area contributed by atoms with E-state index in [-0.39, 0.29) is 12.3 Å². The summed E-state index contributed by atoms with van der Waals surface area (Å²) in [5.41, 5.74) is 1.36. The Labute approximate surface area is 117 Å². The van der Waals surface area contributed by atoms with Crippen LogP contribution < -0.4 is 0 Å². The molecule has 0 saturated carbocycles. The molecular weight excluding hydrogens is 310 g/mol. The van der Waals surface area contributed by atoms with Crippen molar-refractivity contribution in [2.75, 3.05) is 17.5 Å². The van der Waals surface area contributed by atoms with Crippen molar-refractivity contribution in [3.05, 3.63) is 41.5 Å². The molecule has 1 aliphatic heterocycles. The molecule has 1 aromatic carbocycles. The van der Waals surface area contributed by atoms with Crippen LogP contribution in [0.2, 0.25) is 0 Å². The number of hydrogen-bond acceptors (Lipinski definition) is 4. The maximum Gasteiger partial charge on any atom is 0.241 e. The molecular formula is C11H12ClNO4S2. The van der Waals surface area contributed by atoms with Crippen LogP contribution in [0.1, 0.15) is 5.56 Å². The molecule has 104 valence electrons. The third kappa shape index (κ3) is 3.17. The van der Waals surface area contributed by atoms with Gasteiger partial charge in [-0.3, -0.25) is 0 Å². The van der Waals surface area contributed by atoms with Crippen LogP contribution in [0.25, 0.3) is 6.08 Å². The quantitative estimate of drug-likeness (QED) is 0.785. The van der Waals surface area contributed by atoms with Crippen molar-refractivity contribution in [2.45, 2.75) is 0 Å². The number of halogens is 1. The SMILES string of the molecule is O=S(=O)(CCl)N1C/C(=C\c2ccccc2)CS1(=O)=O. The Morgan fingerprint density at radius 1 is 1.26 bits per heavy atom. The lowest BCUT2D eigenvalue weighted by molar-refractivity contribution is 0.528. The maximum atomic E-state index is 11.8. The van der Waals surface area contributed by atoms with Crippen molar-refractivity contribution in [3.8, 4) is 0 Å². The highest BCUT2D eigenvalue weighted by molar-refractivity contribution is 8.04. The Kier molecular flexibility index (Phi) is 4.00. The van der Waals surface area contributed by atoms with Crippen molar-refractivity contribution in [1.82, 2.24) is 3.71 Å². The molecule has 5 nitrogen and oxygen atoms in total. The fraction of sp³-hybridized carbons (Fsp3) is 0.273. The largest absolute Gasteiger partial charge is 0.241 e. The Morgan fingerprint density at radius 3 is 2.47 bits per heavy atom. The smallest absolute Gasteiger partial charge is 0.211 e. The summed E-state index contributed by atoms with van der Waals surface area (Å²) in [7, 11) is -7.79. The van der Waals surface area contributed by atoms with Crippen molar-refractivity contribution in [1.29, 1.82) is 0 Å². The van der Waals surface area contributed by atoms with Gasteiger partial charge in [-0.1, -0.05) is 40.1 Å². The molecule has 0 radical (unpaired) electrons. The van der Waals surface area contributed by atoms with Crippen LogP contribution in [0.3, 0.4) is 0 Å². The zero-order valence-electron chi connectivity index (χ0n) is 9.86.